The van der Waals surface area contributed by atoms with E-state index in [1.807, 2.05) is 52.0 Å². The zero-order valence-electron chi connectivity index (χ0n) is 26.5. The van der Waals surface area contributed by atoms with Crippen LogP contribution >= 0.6 is 0 Å². The van der Waals surface area contributed by atoms with Crippen molar-refractivity contribution in [1.29, 1.82) is 0 Å². The van der Waals surface area contributed by atoms with Crippen molar-refractivity contribution in [3.63, 3.8) is 0 Å². The Hall–Kier alpha value is -3.43. The predicted octanol–water partition coefficient (Wildman–Crippen LogP) is 5.51. The summed E-state index contributed by atoms with van der Waals surface area (Å²) in [6.07, 6.45) is 5.33. The van der Waals surface area contributed by atoms with Gasteiger partial charge in [-0.3, -0.25) is 9.59 Å². The van der Waals surface area contributed by atoms with Gasteiger partial charge in [-0.15, -0.1) is 0 Å². The van der Waals surface area contributed by atoms with Crippen LogP contribution in [0.5, 0.6) is 0 Å². The summed E-state index contributed by atoms with van der Waals surface area (Å²) in [6, 6.07) is 15.6. The molecule has 2 fully saturated rings. The molecular formula is C35H48N4O5. The molecule has 0 aromatic heterocycles. The second kappa shape index (κ2) is 13.3. The molecule has 0 unspecified atom stereocenters. The van der Waals surface area contributed by atoms with Crippen LogP contribution in [-0.2, 0) is 14.3 Å². The highest BCUT2D eigenvalue weighted by atomic mass is 16.5. The number of hydrogen-bond acceptors (Lipinski definition) is 6. The van der Waals surface area contributed by atoms with Gasteiger partial charge in [0.2, 0.25) is 11.8 Å². The standard InChI is InChI=1S/C35H48N4O5/c1-34(2)20-24(21-35(3,4)39(34)43)37-32(41)30(38-31(40)23-12-5-6-13-23)18-11-19-36-33(42)44-22-29-27-16-9-7-14-25(27)26-15-8-10-17-28(26)29/h7-10,14-17,23-24,29-30,43H,5-6,11-13,18-22H2,1-4H3,(H,36,42)(H,37,41)(H,38,40)/t30-/m0/s1. The van der Waals surface area contributed by atoms with Crippen LogP contribution < -0.4 is 16.0 Å². The molecule has 238 valence electrons. The molecule has 0 radical (unpaired) electrons. The lowest BCUT2D eigenvalue weighted by molar-refractivity contribution is -0.246. The van der Waals surface area contributed by atoms with Gasteiger partial charge >= 0.3 is 6.09 Å². The molecule has 2 aromatic rings. The molecule has 2 aromatic carbocycles. The Morgan fingerprint density at radius 2 is 1.50 bits per heavy atom. The molecule has 1 saturated carbocycles. The van der Waals surface area contributed by atoms with E-state index in [-0.39, 0.29) is 36.3 Å². The molecule has 44 heavy (non-hydrogen) atoms. The van der Waals surface area contributed by atoms with Gasteiger partial charge in [0, 0.05) is 35.5 Å². The fraction of sp³-hybridized carbons (Fsp3) is 0.571. The van der Waals surface area contributed by atoms with E-state index in [9.17, 15) is 19.6 Å². The highest BCUT2D eigenvalue weighted by Gasteiger charge is 2.45. The van der Waals surface area contributed by atoms with Gasteiger partial charge in [-0.2, -0.15) is 5.06 Å². The number of carbonyl (C=O) groups excluding carboxylic acids is 3. The molecule has 2 aliphatic carbocycles. The van der Waals surface area contributed by atoms with E-state index in [0.29, 0.717) is 32.2 Å². The number of hydroxylamine groups is 2. The fourth-order valence-electron chi connectivity index (χ4n) is 7.57. The summed E-state index contributed by atoms with van der Waals surface area (Å²) in [4.78, 5) is 39.2. The minimum Gasteiger partial charge on any atom is -0.449 e. The van der Waals surface area contributed by atoms with Crippen LogP contribution in [0.2, 0.25) is 0 Å². The summed E-state index contributed by atoms with van der Waals surface area (Å²) in [6.45, 7) is 8.40. The number of amides is 3. The van der Waals surface area contributed by atoms with E-state index in [1.165, 1.54) is 16.2 Å². The number of rotatable bonds is 10. The van der Waals surface area contributed by atoms with E-state index in [0.717, 1.165) is 36.8 Å². The Balaban J connectivity index is 1.14. The largest absolute Gasteiger partial charge is 0.449 e. The third-order valence-corrected chi connectivity index (χ3v) is 9.63. The lowest BCUT2D eigenvalue weighted by Crippen LogP contribution is -2.64. The van der Waals surface area contributed by atoms with Crippen molar-refractivity contribution in [2.45, 2.75) is 108 Å². The fourth-order valence-corrected chi connectivity index (χ4v) is 7.57. The summed E-state index contributed by atoms with van der Waals surface area (Å²) < 4.78 is 5.65. The molecule has 9 heteroatoms. The first-order valence-electron chi connectivity index (χ1n) is 16.1. The van der Waals surface area contributed by atoms with Crippen molar-refractivity contribution in [3.05, 3.63) is 59.7 Å². The average molecular weight is 605 g/mol. The van der Waals surface area contributed by atoms with Crippen LogP contribution in [0.15, 0.2) is 48.5 Å². The molecule has 1 heterocycles. The molecule has 0 spiro atoms. The van der Waals surface area contributed by atoms with Gasteiger partial charge < -0.3 is 25.9 Å². The Morgan fingerprint density at radius 3 is 2.09 bits per heavy atom. The molecule has 3 aliphatic rings. The number of alkyl carbamates (subject to hydrolysis) is 1. The number of nitrogens with zero attached hydrogens (tertiary/aromatic N) is 1. The van der Waals surface area contributed by atoms with Crippen LogP contribution in [0.3, 0.4) is 0 Å². The van der Waals surface area contributed by atoms with Gasteiger partial charge in [0.25, 0.3) is 0 Å². The van der Waals surface area contributed by atoms with E-state index in [4.69, 9.17) is 4.74 Å². The highest BCUT2D eigenvalue weighted by molar-refractivity contribution is 5.88. The first-order chi connectivity index (χ1) is 21.0. The number of benzene rings is 2. The monoisotopic (exact) mass is 604 g/mol. The molecule has 9 nitrogen and oxygen atoms in total. The third-order valence-electron chi connectivity index (χ3n) is 9.63. The number of piperidine rings is 1. The maximum atomic E-state index is 13.5. The lowest BCUT2D eigenvalue weighted by atomic mass is 9.79. The first kappa shape index (κ1) is 32.0. The Morgan fingerprint density at radius 1 is 0.932 bits per heavy atom. The molecule has 1 atom stereocenters. The van der Waals surface area contributed by atoms with E-state index in [2.05, 4.69) is 40.2 Å². The van der Waals surface area contributed by atoms with Crippen LogP contribution in [-0.4, -0.2) is 64.5 Å². The van der Waals surface area contributed by atoms with Crippen LogP contribution in [0.4, 0.5) is 4.79 Å². The Kier molecular flexibility index (Phi) is 9.65. The van der Waals surface area contributed by atoms with Crippen molar-refractivity contribution in [3.8, 4) is 11.1 Å². The van der Waals surface area contributed by atoms with Crippen molar-refractivity contribution in [2.24, 2.45) is 5.92 Å². The number of carbonyl (C=O) groups is 3. The molecule has 1 aliphatic heterocycles. The maximum absolute atomic E-state index is 13.5. The number of ether oxygens (including phenoxy) is 1. The van der Waals surface area contributed by atoms with Gasteiger partial charge in [-0.05, 0) is 88.5 Å². The van der Waals surface area contributed by atoms with Gasteiger partial charge in [0.1, 0.15) is 12.6 Å². The molecule has 3 amide bonds. The summed E-state index contributed by atoms with van der Waals surface area (Å²) >= 11 is 0. The summed E-state index contributed by atoms with van der Waals surface area (Å²) in [5.74, 6) is -0.363. The third kappa shape index (κ3) is 7.10. The zero-order valence-corrected chi connectivity index (χ0v) is 26.5. The summed E-state index contributed by atoms with van der Waals surface area (Å²) in [5, 5.41) is 21.0. The quantitative estimate of drug-likeness (QED) is 0.266. The smallest absolute Gasteiger partial charge is 0.407 e. The molecule has 5 rings (SSSR count). The molecular weight excluding hydrogens is 556 g/mol. The van der Waals surface area contributed by atoms with E-state index < -0.39 is 23.2 Å². The minimum absolute atomic E-state index is 0.0142. The molecule has 4 N–H and O–H groups in total. The summed E-state index contributed by atoms with van der Waals surface area (Å²) in [5.41, 5.74) is 3.66. The van der Waals surface area contributed by atoms with Crippen molar-refractivity contribution < 1.29 is 24.3 Å². The van der Waals surface area contributed by atoms with Gasteiger partial charge in [0.15, 0.2) is 0 Å². The maximum Gasteiger partial charge on any atom is 0.407 e. The second-order valence-electron chi connectivity index (χ2n) is 14.0. The first-order valence-corrected chi connectivity index (χ1v) is 16.1. The van der Waals surface area contributed by atoms with Crippen molar-refractivity contribution in [1.82, 2.24) is 21.0 Å². The van der Waals surface area contributed by atoms with E-state index >= 15 is 0 Å². The molecule has 1 saturated heterocycles. The Labute approximate surface area is 261 Å². The van der Waals surface area contributed by atoms with Gasteiger partial charge in [-0.25, -0.2) is 4.79 Å². The SMILES string of the molecule is CC1(C)CC(NC(=O)[C@H](CCCNC(=O)OCC2c3ccccc3-c3ccccc32)NC(=O)C2CCCC2)CC(C)(C)N1O. The average Bonchev–Trinajstić information content (AvgIpc) is 3.63. The molecule has 0 bridgehead atoms. The van der Waals surface area contributed by atoms with Crippen molar-refractivity contribution in [2.75, 3.05) is 13.2 Å². The number of fused-ring (bicyclic) bond motifs is 3. The Bertz CT molecular complexity index is 1290. The zero-order chi connectivity index (χ0) is 31.5. The van der Waals surface area contributed by atoms with Crippen LogP contribution in [0.1, 0.15) is 96.1 Å². The van der Waals surface area contributed by atoms with Crippen LogP contribution in [0, 0.1) is 5.92 Å². The van der Waals surface area contributed by atoms with Crippen LogP contribution in [0.25, 0.3) is 11.1 Å². The lowest BCUT2D eigenvalue weighted by Gasteiger charge is -2.51. The number of nitrogens with one attached hydrogen (secondary N) is 3. The van der Waals surface area contributed by atoms with Gasteiger partial charge in [-0.1, -0.05) is 61.4 Å². The van der Waals surface area contributed by atoms with Gasteiger partial charge in [0.05, 0.1) is 0 Å². The summed E-state index contributed by atoms with van der Waals surface area (Å²) in [7, 11) is 0. The normalized spacial score (nSPS) is 20.4. The predicted molar refractivity (Wildman–Crippen MR) is 169 cm³/mol. The van der Waals surface area contributed by atoms with Crippen molar-refractivity contribution >= 4 is 17.9 Å². The second-order valence-corrected chi connectivity index (χ2v) is 14.0. The van der Waals surface area contributed by atoms with E-state index in [1.54, 1.807) is 0 Å². The topological polar surface area (TPSA) is 120 Å². The minimum atomic E-state index is -0.703. The number of hydrogen-bond donors (Lipinski definition) is 4. The highest BCUT2D eigenvalue weighted by Crippen LogP contribution is 2.44.